The molecular weight excluding hydrogens is 409 g/mol. The molecule has 0 spiro atoms. The van der Waals surface area contributed by atoms with Gasteiger partial charge in [-0.25, -0.2) is 9.18 Å². The summed E-state index contributed by atoms with van der Waals surface area (Å²) in [6, 6.07) is 13.5. The van der Waals surface area contributed by atoms with E-state index in [-0.39, 0.29) is 17.9 Å². The number of H-pyrrole nitrogens is 1. The highest BCUT2D eigenvalue weighted by atomic mass is 19.1. The minimum Gasteiger partial charge on any atom is -0.382 e. The van der Waals surface area contributed by atoms with Crippen LogP contribution in [0.4, 0.5) is 14.9 Å². The van der Waals surface area contributed by atoms with Crippen molar-refractivity contribution in [3.8, 4) is 11.3 Å². The molecule has 0 radical (unpaired) electrons. The Hall–Kier alpha value is -3.78. The molecule has 162 valence electrons. The van der Waals surface area contributed by atoms with Crippen molar-refractivity contribution in [1.82, 2.24) is 20.1 Å². The lowest BCUT2D eigenvalue weighted by Crippen LogP contribution is -2.42. The Morgan fingerprint density at radius 3 is 2.75 bits per heavy atom. The average Bonchev–Trinajstić information content (AvgIpc) is 3.19. The first-order valence-corrected chi connectivity index (χ1v) is 10.3. The third-order valence-electron chi connectivity index (χ3n) is 5.76. The van der Waals surface area contributed by atoms with E-state index in [0.717, 1.165) is 44.7 Å². The van der Waals surface area contributed by atoms with Crippen LogP contribution in [-0.2, 0) is 11.3 Å². The summed E-state index contributed by atoms with van der Waals surface area (Å²) in [6.45, 7) is 2.63. The van der Waals surface area contributed by atoms with Gasteiger partial charge in [0.1, 0.15) is 11.5 Å². The maximum Gasteiger partial charge on any atom is 0.322 e. The van der Waals surface area contributed by atoms with Gasteiger partial charge in [0.2, 0.25) is 0 Å². The molecule has 1 aliphatic rings. The molecule has 1 atom stereocenters. The number of pyridine rings is 1. The number of ether oxygens (including phenoxy) is 1. The van der Waals surface area contributed by atoms with Gasteiger partial charge >= 0.3 is 6.03 Å². The number of hydrogen-bond donors (Lipinski definition) is 2. The number of methoxy groups -OCH3 is 1. The van der Waals surface area contributed by atoms with Gasteiger partial charge in [0, 0.05) is 35.6 Å². The molecule has 2 amide bonds. The maximum absolute atomic E-state index is 13.4. The van der Waals surface area contributed by atoms with E-state index < -0.39 is 0 Å². The minimum atomic E-state index is -0.351. The van der Waals surface area contributed by atoms with Crippen LogP contribution >= 0.6 is 0 Å². The first-order valence-electron chi connectivity index (χ1n) is 10.3. The molecule has 8 heteroatoms. The Morgan fingerprint density at radius 2 is 2.00 bits per heavy atom. The van der Waals surface area contributed by atoms with E-state index in [1.165, 1.54) is 12.1 Å². The fraction of sp³-hybridized carbons (Fsp3) is 0.208. The number of rotatable bonds is 5. The molecule has 0 saturated heterocycles. The lowest BCUT2D eigenvalue weighted by molar-refractivity contribution is 0.104. The number of fused-ring (bicyclic) bond motifs is 2. The molecule has 0 bridgehead atoms. The minimum absolute atomic E-state index is 0.229. The number of aromatic nitrogens is 3. The van der Waals surface area contributed by atoms with Gasteiger partial charge in [-0.3, -0.25) is 10.1 Å². The number of aryl methyl sites for hydroxylation is 1. The molecule has 2 aromatic heterocycles. The van der Waals surface area contributed by atoms with Gasteiger partial charge in [0.25, 0.3) is 0 Å². The highest BCUT2D eigenvalue weighted by Gasteiger charge is 2.31. The van der Waals surface area contributed by atoms with E-state index in [2.05, 4.69) is 26.6 Å². The largest absolute Gasteiger partial charge is 0.382 e. The molecule has 32 heavy (non-hydrogen) atoms. The highest BCUT2D eigenvalue weighted by molar-refractivity contribution is 6.00. The van der Waals surface area contributed by atoms with E-state index in [1.807, 2.05) is 25.1 Å². The van der Waals surface area contributed by atoms with Crippen LogP contribution in [0.3, 0.4) is 0 Å². The average molecular weight is 431 g/mol. The van der Waals surface area contributed by atoms with Crippen molar-refractivity contribution in [2.75, 3.05) is 19.0 Å². The first-order chi connectivity index (χ1) is 15.5. The Balaban J connectivity index is 1.54. The molecule has 5 rings (SSSR count). The third-order valence-corrected chi connectivity index (χ3v) is 5.76. The molecule has 2 aromatic carbocycles. The predicted molar refractivity (Wildman–Crippen MR) is 120 cm³/mol. The molecular formula is C24H22FN5O2. The number of hydrogen-bond acceptors (Lipinski definition) is 4. The fourth-order valence-electron chi connectivity index (χ4n) is 4.17. The lowest BCUT2D eigenvalue weighted by atomic mass is 10.0. The summed E-state index contributed by atoms with van der Waals surface area (Å²) in [7, 11) is 1.59. The van der Waals surface area contributed by atoms with Crippen molar-refractivity contribution in [2.24, 2.45) is 0 Å². The summed E-state index contributed by atoms with van der Waals surface area (Å²) < 4.78 is 18.8. The number of nitrogens with zero attached hydrogens (tertiary/aromatic N) is 3. The summed E-state index contributed by atoms with van der Waals surface area (Å²) >= 11 is 0. The number of urea groups is 1. The zero-order valence-corrected chi connectivity index (χ0v) is 17.7. The molecule has 0 aliphatic carbocycles. The molecule has 4 aromatic rings. The number of aromatic amines is 1. The third kappa shape index (κ3) is 3.58. The molecule has 0 saturated carbocycles. The van der Waals surface area contributed by atoms with Gasteiger partial charge in [-0.2, -0.15) is 5.10 Å². The van der Waals surface area contributed by atoms with Crippen molar-refractivity contribution in [3.05, 3.63) is 77.4 Å². The zero-order valence-electron chi connectivity index (χ0n) is 17.7. The van der Waals surface area contributed by atoms with Crippen molar-refractivity contribution in [2.45, 2.75) is 19.5 Å². The second-order valence-electron chi connectivity index (χ2n) is 7.89. The second kappa shape index (κ2) is 8.05. The van der Waals surface area contributed by atoms with Gasteiger partial charge in [-0.1, -0.05) is 12.1 Å². The van der Waals surface area contributed by atoms with E-state index in [0.29, 0.717) is 13.2 Å². The van der Waals surface area contributed by atoms with Crippen molar-refractivity contribution < 1.29 is 13.9 Å². The topological polar surface area (TPSA) is 83.1 Å². The van der Waals surface area contributed by atoms with Crippen LogP contribution in [0.2, 0.25) is 0 Å². The molecule has 2 N–H and O–H groups in total. The smallest absolute Gasteiger partial charge is 0.322 e. The van der Waals surface area contributed by atoms with Crippen LogP contribution in [0.5, 0.6) is 0 Å². The molecule has 1 unspecified atom stereocenters. The van der Waals surface area contributed by atoms with Gasteiger partial charge in [0.15, 0.2) is 0 Å². The first kappa shape index (κ1) is 20.1. The maximum atomic E-state index is 13.4. The van der Waals surface area contributed by atoms with Crippen molar-refractivity contribution >= 4 is 22.6 Å². The molecule has 7 nitrogen and oxygen atoms in total. The predicted octanol–water partition coefficient (Wildman–Crippen LogP) is 4.81. The number of nitrogens with one attached hydrogen (secondary N) is 2. The van der Waals surface area contributed by atoms with Crippen molar-refractivity contribution in [1.29, 1.82) is 0 Å². The summed E-state index contributed by atoms with van der Waals surface area (Å²) in [5.41, 5.74) is 6.09. The lowest BCUT2D eigenvalue weighted by Gasteiger charge is -2.36. The van der Waals surface area contributed by atoms with Crippen LogP contribution in [0, 0.1) is 12.7 Å². The van der Waals surface area contributed by atoms with E-state index in [9.17, 15) is 9.18 Å². The number of carbonyl (C=O) groups is 1. The number of halogens is 1. The summed E-state index contributed by atoms with van der Waals surface area (Å²) in [4.78, 5) is 18.9. The van der Waals surface area contributed by atoms with Gasteiger partial charge in [-0.05, 0) is 54.4 Å². The Labute approximate surface area is 184 Å². The quantitative estimate of drug-likeness (QED) is 0.475. The van der Waals surface area contributed by atoms with Crippen LogP contribution in [-0.4, -0.2) is 39.8 Å². The van der Waals surface area contributed by atoms with Gasteiger partial charge < -0.3 is 15.0 Å². The van der Waals surface area contributed by atoms with E-state index >= 15 is 0 Å². The summed E-state index contributed by atoms with van der Waals surface area (Å²) in [6.07, 6.45) is 1.77. The number of amides is 2. The van der Waals surface area contributed by atoms with E-state index in [4.69, 9.17) is 4.74 Å². The van der Waals surface area contributed by atoms with Gasteiger partial charge in [-0.15, -0.1) is 0 Å². The Morgan fingerprint density at radius 1 is 1.19 bits per heavy atom. The fourth-order valence-corrected chi connectivity index (χ4v) is 4.17. The van der Waals surface area contributed by atoms with Crippen LogP contribution in [0.15, 0.2) is 54.7 Å². The molecule has 0 fully saturated rings. The summed E-state index contributed by atoms with van der Waals surface area (Å²) in [5, 5.41) is 11.5. The normalized spacial score (nSPS) is 14.3. The van der Waals surface area contributed by atoms with Crippen LogP contribution in [0.25, 0.3) is 22.2 Å². The zero-order chi connectivity index (χ0) is 22.2. The molecule has 1 aliphatic heterocycles. The van der Waals surface area contributed by atoms with Crippen LogP contribution in [0.1, 0.15) is 22.9 Å². The Bertz CT molecular complexity index is 1300. The second-order valence-corrected chi connectivity index (χ2v) is 7.89. The van der Waals surface area contributed by atoms with Crippen LogP contribution < -0.4 is 5.32 Å². The highest BCUT2D eigenvalue weighted by Crippen LogP contribution is 2.35. The summed E-state index contributed by atoms with van der Waals surface area (Å²) in [5.74, 6) is -0.320. The number of carbonyl (C=O) groups excluding carboxylic acids is 1. The molecule has 3 heterocycles. The van der Waals surface area contributed by atoms with E-state index in [1.54, 1.807) is 30.3 Å². The Kier molecular flexibility index (Phi) is 5.07. The number of anilines is 1. The number of benzene rings is 2. The van der Waals surface area contributed by atoms with Crippen molar-refractivity contribution in [3.63, 3.8) is 0 Å². The monoisotopic (exact) mass is 431 g/mol. The SMILES string of the molecule is COCC(c1ccc(F)cc1)N1Cc2cc3c(-c4ccnc(C)c4)n[nH]c3cc2NC1=O. The standard InChI is InChI=1S/C24H22FN5O2/c1-14-9-16(7-8-26-14)23-19-10-17-12-30(24(31)27-20(17)11-21(19)28-29-23)22(13-32-2)15-3-5-18(25)6-4-15/h3-11,22H,12-13H2,1-2H3,(H,27,31)(H,28,29). The van der Waals surface area contributed by atoms with Gasteiger partial charge in [0.05, 0.1) is 24.7 Å².